The van der Waals surface area contributed by atoms with Crippen molar-refractivity contribution in [2.75, 3.05) is 0 Å². The number of benzene rings is 1. The van der Waals surface area contributed by atoms with Crippen LogP contribution in [0, 0.1) is 5.92 Å². The van der Waals surface area contributed by atoms with Gasteiger partial charge in [0, 0.05) is 29.9 Å². The van der Waals surface area contributed by atoms with Crippen LogP contribution in [0.1, 0.15) is 38.7 Å². The molecule has 0 aliphatic rings. The first-order valence-corrected chi connectivity index (χ1v) is 12.3. The van der Waals surface area contributed by atoms with Crippen LogP contribution < -0.4 is 33.2 Å². The number of carbonyl (C=O) groups is 6. The Hall–Kier alpha value is -4.46. The lowest BCUT2D eigenvalue weighted by molar-refractivity contribution is -0.143. The number of carboxylic acid groups (broad SMARTS) is 1. The number of aromatic amines is 1. The summed E-state index contributed by atoms with van der Waals surface area (Å²) < 4.78 is 0. The lowest BCUT2D eigenvalue weighted by Crippen LogP contribution is -2.59. The van der Waals surface area contributed by atoms with Crippen molar-refractivity contribution in [2.24, 2.45) is 23.1 Å². The highest BCUT2D eigenvalue weighted by molar-refractivity contribution is 5.96. The fourth-order valence-electron chi connectivity index (χ4n) is 3.91. The summed E-state index contributed by atoms with van der Waals surface area (Å²) in [5.74, 6) is -5.70. The van der Waals surface area contributed by atoms with Gasteiger partial charge in [-0.3, -0.25) is 24.0 Å². The maximum Gasteiger partial charge on any atom is 0.326 e. The standard InChI is InChI=1S/C25H35N7O7/c1-12(2)21(24(37)30-17(25(38)39)7-8-19(27)33)32-23(36)18(31-22(35)15(26)10-20(28)34)9-13-11-29-16-6-4-3-5-14(13)16/h3-6,11-12,15,17-18,21,29H,7-10,26H2,1-2H3,(H2,27,33)(H2,28,34)(H,30,37)(H,31,35)(H,32,36)(H,38,39). The van der Waals surface area contributed by atoms with Crippen molar-refractivity contribution in [3.05, 3.63) is 36.0 Å². The first kappa shape index (κ1) is 30.8. The minimum atomic E-state index is -1.41. The molecule has 0 bridgehead atoms. The van der Waals surface area contributed by atoms with Crippen LogP contribution in [0.2, 0.25) is 0 Å². The first-order valence-electron chi connectivity index (χ1n) is 12.3. The van der Waals surface area contributed by atoms with Crippen LogP contribution in [0.3, 0.4) is 0 Å². The lowest BCUT2D eigenvalue weighted by Gasteiger charge is -2.27. The molecule has 1 aromatic heterocycles. The molecular formula is C25H35N7O7. The predicted molar refractivity (Wildman–Crippen MR) is 140 cm³/mol. The predicted octanol–water partition coefficient (Wildman–Crippen LogP) is -1.63. The van der Waals surface area contributed by atoms with Gasteiger partial charge in [-0.15, -0.1) is 0 Å². The highest BCUT2D eigenvalue weighted by Gasteiger charge is 2.32. The van der Waals surface area contributed by atoms with Crippen LogP contribution >= 0.6 is 0 Å². The number of nitrogens with one attached hydrogen (secondary N) is 4. The largest absolute Gasteiger partial charge is 0.480 e. The van der Waals surface area contributed by atoms with Gasteiger partial charge in [0.25, 0.3) is 0 Å². The molecule has 0 spiro atoms. The van der Waals surface area contributed by atoms with E-state index in [4.69, 9.17) is 17.2 Å². The summed E-state index contributed by atoms with van der Waals surface area (Å²) >= 11 is 0. The number of para-hydroxylation sites is 1. The summed E-state index contributed by atoms with van der Waals surface area (Å²) in [6.45, 7) is 3.28. The van der Waals surface area contributed by atoms with E-state index in [1.807, 2.05) is 24.3 Å². The monoisotopic (exact) mass is 545 g/mol. The Morgan fingerprint density at radius 1 is 0.897 bits per heavy atom. The number of primary amides is 2. The van der Waals surface area contributed by atoms with Gasteiger partial charge >= 0.3 is 5.97 Å². The topological polar surface area (TPSA) is 253 Å². The van der Waals surface area contributed by atoms with Gasteiger partial charge in [-0.2, -0.15) is 0 Å². The maximum absolute atomic E-state index is 13.4. The van der Waals surface area contributed by atoms with Gasteiger partial charge < -0.3 is 43.2 Å². The number of carbonyl (C=O) groups excluding carboxylic acids is 5. The minimum absolute atomic E-state index is 0.00761. The van der Waals surface area contributed by atoms with Crippen LogP contribution in [0.4, 0.5) is 0 Å². The molecule has 2 aromatic rings. The number of hydrogen-bond donors (Lipinski definition) is 8. The first-order chi connectivity index (χ1) is 18.3. The van der Waals surface area contributed by atoms with Crippen molar-refractivity contribution < 1.29 is 33.9 Å². The summed E-state index contributed by atoms with van der Waals surface area (Å²) in [6.07, 6.45) is 0.759. The molecule has 0 saturated heterocycles. The molecule has 212 valence electrons. The van der Waals surface area contributed by atoms with Gasteiger partial charge in [-0.05, 0) is 24.0 Å². The molecule has 11 N–H and O–H groups in total. The summed E-state index contributed by atoms with van der Waals surface area (Å²) in [4.78, 5) is 76.0. The van der Waals surface area contributed by atoms with Crippen molar-refractivity contribution >= 4 is 46.4 Å². The zero-order valence-electron chi connectivity index (χ0n) is 21.7. The normalized spacial score (nSPS) is 14.2. The van der Waals surface area contributed by atoms with Crippen LogP contribution in [0.5, 0.6) is 0 Å². The molecule has 0 saturated carbocycles. The molecule has 14 heteroatoms. The molecule has 1 heterocycles. The average molecular weight is 546 g/mol. The van der Waals surface area contributed by atoms with Crippen molar-refractivity contribution in [3.8, 4) is 0 Å². The van der Waals surface area contributed by atoms with Gasteiger partial charge in [-0.25, -0.2) is 4.79 Å². The van der Waals surface area contributed by atoms with Crippen molar-refractivity contribution in [1.29, 1.82) is 0 Å². The molecule has 2 rings (SSSR count). The fraction of sp³-hybridized carbons (Fsp3) is 0.440. The average Bonchev–Trinajstić information content (AvgIpc) is 3.26. The zero-order chi connectivity index (χ0) is 29.3. The highest BCUT2D eigenvalue weighted by atomic mass is 16.4. The molecule has 4 atom stereocenters. The smallest absolute Gasteiger partial charge is 0.326 e. The number of rotatable bonds is 15. The molecular weight excluding hydrogens is 510 g/mol. The number of nitrogens with two attached hydrogens (primary N) is 3. The van der Waals surface area contributed by atoms with E-state index in [0.717, 1.165) is 10.9 Å². The second kappa shape index (κ2) is 13.9. The van der Waals surface area contributed by atoms with Crippen LogP contribution in [0.25, 0.3) is 10.9 Å². The van der Waals surface area contributed by atoms with E-state index >= 15 is 0 Å². The number of H-pyrrole nitrogens is 1. The number of aliphatic carboxylic acids is 1. The third-order valence-corrected chi connectivity index (χ3v) is 6.03. The fourth-order valence-corrected chi connectivity index (χ4v) is 3.91. The summed E-state index contributed by atoms with van der Waals surface area (Å²) in [6, 6.07) is 2.21. The number of aromatic nitrogens is 1. The van der Waals surface area contributed by atoms with E-state index in [0.29, 0.717) is 5.56 Å². The maximum atomic E-state index is 13.4. The highest BCUT2D eigenvalue weighted by Crippen LogP contribution is 2.19. The van der Waals surface area contributed by atoms with E-state index in [1.165, 1.54) is 0 Å². The summed E-state index contributed by atoms with van der Waals surface area (Å²) in [5, 5.41) is 17.7. The van der Waals surface area contributed by atoms with E-state index < -0.39 is 72.0 Å². The molecule has 0 aliphatic carbocycles. The Balaban J connectivity index is 2.27. The molecule has 0 aliphatic heterocycles. The second-order valence-corrected chi connectivity index (χ2v) is 9.54. The zero-order valence-corrected chi connectivity index (χ0v) is 21.7. The van der Waals surface area contributed by atoms with Gasteiger partial charge in [0.15, 0.2) is 0 Å². The Morgan fingerprint density at radius 2 is 1.54 bits per heavy atom. The van der Waals surface area contributed by atoms with E-state index in [2.05, 4.69) is 20.9 Å². The summed E-state index contributed by atoms with van der Waals surface area (Å²) in [7, 11) is 0. The molecule has 39 heavy (non-hydrogen) atoms. The Bertz CT molecular complexity index is 1230. The Kier molecular flexibility index (Phi) is 11.0. The molecule has 4 unspecified atom stereocenters. The molecule has 0 radical (unpaired) electrons. The number of amides is 5. The second-order valence-electron chi connectivity index (χ2n) is 9.54. The van der Waals surface area contributed by atoms with Gasteiger partial charge in [0.2, 0.25) is 29.5 Å². The van der Waals surface area contributed by atoms with Gasteiger partial charge in [-0.1, -0.05) is 32.0 Å². The van der Waals surface area contributed by atoms with E-state index in [9.17, 15) is 33.9 Å². The number of hydrogen-bond acceptors (Lipinski definition) is 7. The Labute approximate surface area is 224 Å². The molecule has 1 aromatic carbocycles. The van der Waals surface area contributed by atoms with Gasteiger partial charge in [0.05, 0.1) is 12.5 Å². The quantitative estimate of drug-likeness (QED) is 0.129. The SMILES string of the molecule is CC(C)C(NC(=O)C(Cc1c[nH]c2ccccc12)NC(=O)C(N)CC(N)=O)C(=O)NC(CCC(N)=O)C(=O)O. The third-order valence-electron chi connectivity index (χ3n) is 6.03. The van der Waals surface area contributed by atoms with E-state index in [1.54, 1.807) is 20.0 Å². The van der Waals surface area contributed by atoms with Gasteiger partial charge in [0.1, 0.15) is 18.1 Å². The number of carboxylic acids is 1. The Morgan fingerprint density at radius 3 is 2.13 bits per heavy atom. The van der Waals surface area contributed by atoms with Crippen molar-refractivity contribution in [1.82, 2.24) is 20.9 Å². The van der Waals surface area contributed by atoms with Crippen LogP contribution in [-0.2, 0) is 35.2 Å². The van der Waals surface area contributed by atoms with Crippen molar-refractivity contribution in [3.63, 3.8) is 0 Å². The van der Waals surface area contributed by atoms with E-state index in [-0.39, 0.29) is 19.3 Å². The number of fused-ring (bicyclic) bond motifs is 1. The van der Waals surface area contributed by atoms with Crippen LogP contribution in [-0.4, -0.2) is 69.8 Å². The summed E-state index contributed by atoms with van der Waals surface area (Å²) in [5.41, 5.74) is 17.5. The minimum Gasteiger partial charge on any atom is -0.480 e. The van der Waals surface area contributed by atoms with Crippen LogP contribution in [0.15, 0.2) is 30.5 Å². The molecule has 14 nitrogen and oxygen atoms in total. The molecule has 5 amide bonds. The third kappa shape index (κ3) is 9.10. The molecule has 0 fully saturated rings. The van der Waals surface area contributed by atoms with Crippen molar-refractivity contribution in [2.45, 2.75) is 63.7 Å². The lowest BCUT2D eigenvalue weighted by atomic mass is 9.99.